The van der Waals surface area contributed by atoms with Gasteiger partial charge < -0.3 is 10.1 Å². The van der Waals surface area contributed by atoms with E-state index >= 15 is 0 Å². The number of aromatic nitrogens is 3. The van der Waals surface area contributed by atoms with E-state index in [4.69, 9.17) is 4.74 Å². The molecule has 4 rings (SSSR count). The van der Waals surface area contributed by atoms with Crippen LogP contribution in [0, 0.1) is 13.8 Å². The minimum atomic E-state index is -0.167. The van der Waals surface area contributed by atoms with Crippen LogP contribution >= 0.6 is 0 Å². The number of fused-ring (bicyclic) bond motifs is 1. The van der Waals surface area contributed by atoms with Gasteiger partial charge in [0.05, 0.1) is 30.4 Å². The first-order valence-corrected chi connectivity index (χ1v) is 9.39. The molecule has 0 unspecified atom stereocenters. The van der Waals surface area contributed by atoms with Gasteiger partial charge in [0.1, 0.15) is 0 Å². The van der Waals surface area contributed by atoms with Crippen LogP contribution in [0.4, 0.5) is 5.69 Å². The molecule has 6 nitrogen and oxygen atoms in total. The molecule has 0 aliphatic carbocycles. The lowest BCUT2D eigenvalue weighted by molar-refractivity contribution is 0.102. The number of methoxy groups -OCH3 is 1. The molecule has 4 aromatic rings. The van der Waals surface area contributed by atoms with Gasteiger partial charge in [-0.05, 0) is 43.7 Å². The maximum absolute atomic E-state index is 13.0. The van der Waals surface area contributed by atoms with Gasteiger partial charge >= 0.3 is 0 Å². The third-order valence-electron chi connectivity index (χ3n) is 4.91. The maximum atomic E-state index is 13.0. The lowest BCUT2D eigenvalue weighted by Crippen LogP contribution is -2.14. The molecule has 0 aliphatic heterocycles. The monoisotopic (exact) mass is 386 g/mol. The SMILES string of the molecule is COc1ccc2cc(NC(=O)c3c(C)nn(Cc4ccccc4)c3C)ccc2n1. The Morgan fingerprint density at radius 1 is 1.07 bits per heavy atom. The summed E-state index contributed by atoms with van der Waals surface area (Å²) >= 11 is 0. The second-order valence-electron chi connectivity index (χ2n) is 6.90. The zero-order valence-corrected chi connectivity index (χ0v) is 16.6. The molecule has 29 heavy (non-hydrogen) atoms. The summed E-state index contributed by atoms with van der Waals surface area (Å²) in [5.41, 5.74) is 4.82. The fraction of sp³-hybridized carbons (Fsp3) is 0.174. The first kappa shape index (κ1) is 18.7. The molecule has 0 saturated heterocycles. The Morgan fingerprint density at radius 3 is 2.62 bits per heavy atom. The van der Waals surface area contributed by atoms with Crippen molar-refractivity contribution in [2.24, 2.45) is 0 Å². The van der Waals surface area contributed by atoms with E-state index < -0.39 is 0 Å². The average molecular weight is 386 g/mol. The first-order chi connectivity index (χ1) is 14.0. The largest absolute Gasteiger partial charge is 0.481 e. The summed E-state index contributed by atoms with van der Waals surface area (Å²) in [6.45, 7) is 4.42. The summed E-state index contributed by atoms with van der Waals surface area (Å²) in [5.74, 6) is 0.395. The van der Waals surface area contributed by atoms with Gasteiger partial charge in [-0.3, -0.25) is 9.48 Å². The summed E-state index contributed by atoms with van der Waals surface area (Å²) in [6.07, 6.45) is 0. The number of hydrogen-bond acceptors (Lipinski definition) is 4. The summed E-state index contributed by atoms with van der Waals surface area (Å²) in [5, 5.41) is 8.48. The third-order valence-corrected chi connectivity index (χ3v) is 4.91. The van der Waals surface area contributed by atoms with Gasteiger partial charge in [-0.15, -0.1) is 0 Å². The van der Waals surface area contributed by atoms with Crippen LogP contribution in [0.2, 0.25) is 0 Å². The Hall–Kier alpha value is -3.67. The Morgan fingerprint density at radius 2 is 1.86 bits per heavy atom. The van der Waals surface area contributed by atoms with Crippen molar-refractivity contribution in [3.8, 4) is 5.88 Å². The highest BCUT2D eigenvalue weighted by atomic mass is 16.5. The summed E-state index contributed by atoms with van der Waals surface area (Å²) in [7, 11) is 1.59. The zero-order chi connectivity index (χ0) is 20.4. The molecule has 0 atom stereocenters. The van der Waals surface area contributed by atoms with E-state index in [1.165, 1.54) is 0 Å². The van der Waals surface area contributed by atoms with Crippen molar-refractivity contribution in [1.29, 1.82) is 0 Å². The molecule has 0 radical (unpaired) electrons. The van der Waals surface area contributed by atoms with Crippen LogP contribution in [0.15, 0.2) is 60.7 Å². The number of nitrogens with zero attached hydrogens (tertiary/aromatic N) is 3. The Kier molecular flexibility index (Phi) is 4.99. The molecule has 2 heterocycles. The Balaban J connectivity index is 1.57. The Bertz CT molecular complexity index is 1180. The van der Waals surface area contributed by atoms with Crippen LogP contribution in [0.25, 0.3) is 10.9 Å². The maximum Gasteiger partial charge on any atom is 0.259 e. The molecule has 6 heteroatoms. The van der Waals surface area contributed by atoms with Gasteiger partial charge in [0, 0.05) is 22.8 Å². The second-order valence-corrected chi connectivity index (χ2v) is 6.90. The fourth-order valence-electron chi connectivity index (χ4n) is 3.43. The van der Waals surface area contributed by atoms with E-state index in [9.17, 15) is 4.79 Å². The van der Waals surface area contributed by atoms with Gasteiger partial charge in [0.2, 0.25) is 5.88 Å². The lowest BCUT2D eigenvalue weighted by atomic mass is 10.1. The van der Waals surface area contributed by atoms with Crippen molar-refractivity contribution in [1.82, 2.24) is 14.8 Å². The minimum absolute atomic E-state index is 0.167. The predicted molar refractivity (Wildman–Crippen MR) is 113 cm³/mol. The molecular weight excluding hydrogens is 364 g/mol. The molecule has 1 amide bonds. The fourth-order valence-corrected chi connectivity index (χ4v) is 3.43. The van der Waals surface area contributed by atoms with Gasteiger partial charge in [0.15, 0.2) is 0 Å². The van der Waals surface area contributed by atoms with Crippen LogP contribution in [0.5, 0.6) is 5.88 Å². The highest BCUT2D eigenvalue weighted by Crippen LogP contribution is 2.22. The molecule has 1 N–H and O–H groups in total. The number of ether oxygens (including phenoxy) is 1. The van der Waals surface area contributed by atoms with Crippen molar-refractivity contribution < 1.29 is 9.53 Å². The highest BCUT2D eigenvalue weighted by Gasteiger charge is 2.19. The van der Waals surface area contributed by atoms with Crippen LogP contribution in [0.1, 0.15) is 27.3 Å². The smallest absolute Gasteiger partial charge is 0.259 e. The van der Waals surface area contributed by atoms with Gasteiger partial charge in [-0.25, -0.2) is 4.98 Å². The van der Waals surface area contributed by atoms with Crippen molar-refractivity contribution in [2.75, 3.05) is 12.4 Å². The standard InChI is InChI=1S/C23H22N4O2/c1-15-22(16(2)27(26-15)14-17-7-5-4-6-8-17)23(28)24-19-10-11-20-18(13-19)9-12-21(25-20)29-3/h4-13H,14H2,1-3H3,(H,24,28). The van der Waals surface area contributed by atoms with Crippen molar-refractivity contribution in [2.45, 2.75) is 20.4 Å². The van der Waals surface area contributed by atoms with Gasteiger partial charge in [-0.1, -0.05) is 30.3 Å². The van der Waals surface area contributed by atoms with Crippen molar-refractivity contribution in [3.05, 3.63) is 83.2 Å². The molecule has 2 aromatic carbocycles. The van der Waals surface area contributed by atoms with E-state index in [0.29, 0.717) is 29.4 Å². The van der Waals surface area contributed by atoms with E-state index in [-0.39, 0.29) is 5.91 Å². The minimum Gasteiger partial charge on any atom is -0.481 e. The van der Waals surface area contributed by atoms with Gasteiger partial charge in [0.25, 0.3) is 5.91 Å². The van der Waals surface area contributed by atoms with Crippen molar-refractivity contribution in [3.63, 3.8) is 0 Å². The molecule has 0 spiro atoms. The van der Waals surface area contributed by atoms with E-state index in [1.54, 1.807) is 13.2 Å². The number of pyridine rings is 1. The molecule has 0 saturated carbocycles. The number of benzene rings is 2. The molecule has 0 fully saturated rings. The van der Waals surface area contributed by atoms with Crippen LogP contribution < -0.4 is 10.1 Å². The lowest BCUT2D eigenvalue weighted by Gasteiger charge is -2.08. The average Bonchev–Trinajstić information content (AvgIpc) is 3.01. The van der Waals surface area contributed by atoms with Crippen molar-refractivity contribution >= 4 is 22.5 Å². The third kappa shape index (κ3) is 3.82. The van der Waals surface area contributed by atoms with Crippen LogP contribution in [0.3, 0.4) is 0 Å². The number of aryl methyl sites for hydroxylation is 1. The second kappa shape index (κ2) is 7.75. The topological polar surface area (TPSA) is 69.0 Å². The number of amides is 1. The molecule has 146 valence electrons. The molecule has 0 aliphatic rings. The summed E-state index contributed by atoms with van der Waals surface area (Å²) in [4.78, 5) is 17.4. The number of carbonyl (C=O) groups excluding carboxylic acids is 1. The highest BCUT2D eigenvalue weighted by molar-refractivity contribution is 6.06. The van der Waals surface area contributed by atoms with Crippen LogP contribution in [-0.4, -0.2) is 27.8 Å². The van der Waals surface area contributed by atoms with Crippen LogP contribution in [-0.2, 0) is 6.54 Å². The van der Waals surface area contributed by atoms with Gasteiger partial charge in [-0.2, -0.15) is 5.10 Å². The number of rotatable bonds is 5. The summed E-state index contributed by atoms with van der Waals surface area (Å²) in [6, 6.07) is 19.4. The van der Waals surface area contributed by atoms with E-state index in [0.717, 1.165) is 22.2 Å². The quantitative estimate of drug-likeness (QED) is 0.553. The number of nitrogens with one attached hydrogen (secondary N) is 1. The molecule has 0 bridgehead atoms. The first-order valence-electron chi connectivity index (χ1n) is 9.39. The molecular formula is C23H22N4O2. The van der Waals surface area contributed by atoms with E-state index in [2.05, 4.69) is 15.4 Å². The summed E-state index contributed by atoms with van der Waals surface area (Å²) < 4.78 is 7.03. The number of carbonyl (C=O) groups is 1. The number of anilines is 1. The number of hydrogen-bond donors (Lipinski definition) is 1. The zero-order valence-electron chi connectivity index (χ0n) is 16.6. The molecule has 2 aromatic heterocycles. The van der Waals surface area contributed by atoms with E-state index in [1.807, 2.05) is 73.1 Å². The normalized spacial score (nSPS) is 10.9. The predicted octanol–water partition coefficient (Wildman–Crippen LogP) is 4.36. The Labute approximate surface area is 169 Å².